The van der Waals surface area contributed by atoms with Gasteiger partial charge in [0.2, 0.25) is 0 Å². The Morgan fingerprint density at radius 1 is 1.24 bits per heavy atom. The van der Waals surface area contributed by atoms with Crippen LogP contribution in [0.5, 0.6) is 5.75 Å². The Hall–Kier alpha value is -2.54. The molecule has 25 heavy (non-hydrogen) atoms. The molecule has 0 saturated heterocycles. The molecule has 0 bridgehead atoms. The smallest absolute Gasteiger partial charge is 0.336 e. The largest absolute Gasteiger partial charge is 0.497 e. The third-order valence-electron chi connectivity index (χ3n) is 3.68. The number of aromatic nitrogens is 2. The highest BCUT2D eigenvalue weighted by molar-refractivity contribution is 7.98. The van der Waals surface area contributed by atoms with E-state index in [0.717, 1.165) is 29.5 Å². The number of nitrogens with zero attached hydrogens (tertiary/aromatic N) is 1. The maximum Gasteiger partial charge on any atom is 0.336 e. The summed E-state index contributed by atoms with van der Waals surface area (Å²) in [6, 6.07) is 8.35. The number of H-pyrrole nitrogens is 1. The lowest BCUT2D eigenvalue weighted by molar-refractivity contribution is 0.414. The molecule has 0 radical (unpaired) electrons. The number of thioether (sulfide) groups is 1. The molecule has 0 unspecified atom stereocenters. The fourth-order valence-corrected chi connectivity index (χ4v) is 3.42. The van der Waals surface area contributed by atoms with Gasteiger partial charge in [-0.15, -0.1) is 0 Å². The highest BCUT2D eigenvalue weighted by atomic mass is 32.2. The molecule has 0 saturated carbocycles. The van der Waals surface area contributed by atoms with Gasteiger partial charge in [0.15, 0.2) is 5.16 Å². The Morgan fingerprint density at radius 3 is 2.84 bits per heavy atom. The van der Waals surface area contributed by atoms with Gasteiger partial charge in [0, 0.05) is 35.0 Å². The van der Waals surface area contributed by atoms with Crippen LogP contribution in [0.3, 0.4) is 0 Å². The highest BCUT2D eigenvalue weighted by Crippen LogP contribution is 2.26. The van der Waals surface area contributed by atoms with Crippen LogP contribution in [0.2, 0.25) is 0 Å². The van der Waals surface area contributed by atoms with Gasteiger partial charge in [0.25, 0.3) is 5.56 Å². The molecule has 130 valence electrons. The number of aryl methyl sites for hydroxylation is 1. The van der Waals surface area contributed by atoms with E-state index >= 15 is 0 Å². The number of benzene rings is 1. The fourth-order valence-electron chi connectivity index (χ4n) is 2.54. The van der Waals surface area contributed by atoms with Crippen molar-refractivity contribution in [3.63, 3.8) is 0 Å². The molecule has 7 heteroatoms. The lowest BCUT2D eigenvalue weighted by Crippen LogP contribution is -2.10. The molecule has 0 aliphatic carbocycles. The molecule has 6 nitrogen and oxygen atoms in total. The first-order valence-electron chi connectivity index (χ1n) is 7.93. The van der Waals surface area contributed by atoms with Gasteiger partial charge in [-0.1, -0.05) is 25.1 Å². The summed E-state index contributed by atoms with van der Waals surface area (Å²) in [5.74, 6) is 1.12. The van der Waals surface area contributed by atoms with Crippen LogP contribution in [-0.4, -0.2) is 17.1 Å². The lowest BCUT2D eigenvalue weighted by atomic mass is 10.1. The lowest BCUT2D eigenvalue weighted by Gasteiger charge is -2.07. The second kappa shape index (κ2) is 7.57. The zero-order valence-corrected chi connectivity index (χ0v) is 14.8. The summed E-state index contributed by atoms with van der Waals surface area (Å²) in [6.45, 7) is 2.04. The molecule has 0 aliphatic rings. The molecule has 0 atom stereocenters. The van der Waals surface area contributed by atoms with E-state index in [1.165, 1.54) is 23.9 Å². The summed E-state index contributed by atoms with van der Waals surface area (Å²) in [5, 5.41) is 1.38. The highest BCUT2D eigenvalue weighted by Gasteiger charge is 2.09. The predicted octanol–water partition coefficient (Wildman–Crippen LogP) is 3.13. The molecule has 3 rings (SSSR count). The normalized spacial score (nSPS) is 11.0. The van der Waals surface area contributed by atoms with Crippen molar-refractivity contribution < 1.29 is 9.15 Å². The predicted molar refractivity (Wildman–Crippen MR) is 97.4 cm³/mol. The standard InChI is InChI=1S/C18H18N2O4S/c1-3-4-12-8-16(21)20-18(19-12)25-10-11-7-17(22)24-15-9-13(23-2)5-6-14(11)15/h5-9H,3-4,10H2,1-2H3,(H,19,20,21). The third-order valence-corrected chi connectivity index (χ3v) is 4.60. The number of aromatic amines is 1. The van der Waals surface area contributed by atoms with Crippen molar-refractivity contribution in [2.75, 3.05) is 7.11 Å². The van der Waals surface area contributed by atoms with Gasteiger partial charge in [-0.3, -0.25) is 4.79 Å². The number of methoxy groups -OCH3 is 1. The molecule has 0 amide bonds. The van der Waals surface area contributed by atoms with Gasteiger partial charge in [-0.2, -0.15) is 0 Å². The topological polar surface area (TPSA) is 85.2 Å². The number of nitrogens with one attached hydrogen (secondary N) is 1. The summed E-state index contributed by atoms with van der Waals surface area (Å²) in [6.07, 6.45) is 1.68. The summed E-state index contributed by atoms with van der Waals surface area (Å²) >= 11 is 1.38. The zero-order valence-electron chi connectivity index (χ0n) is 14.0. The second-order valence-corrected chi connectivity index (χ2v) is 6.50. The van der Waals surface area contributed by atoms with Crippen LogP contribution in [0.15, 0.2) is 49.5 Å². The molecular formula is C18H18N2O4S. The van der Waals surface area contributed by atoms with E-state index in [-0.39, 0.29) is 5.56 Å². The summed E-state index contributed by atoms with van der Waals surface area (Å²) in [5.41, 5.74) is 1.49. The van der Waals surface area contributed by atoms with Crippen molar-refractivity contribution in [2.45, 2.75) is 30.7 Å². The second-order valence-electron chi connectivity index (χ2n) is 5.53. The first kappa shape index (κ1) is 17.3. The molecule has 0 aliphatic heterocycles. The summed E-state index contributed by atoms with van der Waals surface area (Å²) in [7, 11) is 1.56. The Kier molecular flexibility index (Phi) is 5.23. The van der Waals surface area contributed by atoms with Crippen molar-refractivity contribution in [3.05, 3.63) is 62.4 Å². The maximum absolute atomic E-state index is 11.8. The first-order chi connectivity index (χ1) is 12.1. The number of hydrogen-bond acceptors (Lipinski definition) is 6. The minimum atomic E-state index is -0.419. The van der Waals surface area contributed by atoms with Gasteiger partial charge in [-0.25, -0.2) is 9.78 Å². The van der Waals surface area contributed by atoms with E-state index in [1.54, 1.807) is 13.2 Å². The number of rotatable bonds is 6. The minimum absolute atomic E-state index is 0.164. The van der Waals surface area contributed by atoms with E-state index in [0.29, 0.717) is 22.2 Å². The van der Waals surface area contributed by atoms with Crippen LogP contribution in [0.25, 0.3) is 11.0 Å². The van der Waals surface area contributed by atoms with Crippen LogP contribution in [0, 0.1) is 0 Å². The molecule has 3 aromatic rings. The number of hydrogen-bond donors (Lipinski definition) is 1. The Labute approximate surface area is 148 Å². The van der Waals surface area contributed by atoms with Crippen molar-refractivity contribution in [1.29, 1.82) is 0 Å². The van der Waals surface area contributed by atoms with Gasteiger partial charge < -0.3 is 14.1 Å². The fraction of sp³-hybridized carbons (Fsp3) is 0.278. The Balaban J connectivity index is 1.91. The van der Waals surface area contributed by atoms with Crippen LogP contribution in [0.4, 0.5) is 0 Å². The van der Waals surface area contributed by atoms with E-state index in [4.69, 9.17) is 9.15 Å². The van der Waals surface area contributed by atoms with Crippen molar-refractivity contribution in [3.8, 4) is 5.75 Å². The quantitative estimate of drug-likeness (QED) is 0.414. The van der Waals surface area contributed by atoms with Crippen LogP contribution in [-0.2, 0) is 12.2 Å². The molecule has 1 aromatic carbocycles. The van der Waals surface area contributed by atoms with Gasteiger partial charge in [0.05, 0.1) is 7.11 Å². The minimum Gasteiger partial charge on any atom is -0.497 e. The van der Waals surface area contributed by atoms with Crippen molar-refractivity contribution in [2.24, 2.45) is 0 Å². The Morgan fingerprint density at radius 2 is 2.08 bits per heavy atom. The third kappa shape index (κ3) is 4.11. The number of fused-ring (bicyclic) bond motifs is 1. The van der Waals surface area contributed by atoms with Crippen LogP contribution in [0.1, 0.15) is 24.6 Å². The van der Waals surface area contributed by atoms with Gasteiger partial charge in [0.1, 0.15) is 11.3 Å². The maximum atomic E-state index is 11.8. The SMILES string of the molecule is CCCc1cc(=O)[nH]c(SCc2cc(=O)oc3cc(OC)ccc23)n1. The summed E-state index contributed by atoms with van der Waals surface area (Å²) in [4.78, 5) is 30.8. The van der Waals surface area contributed by atoms with E-state index in [9.17, 15) is 9.59 Å². The zero-order chi connectivity index (χ0) is 17.8. The van der Waals surface area contributed by atoms with E-state index in [2.05, 4.69) is 9.97 Å². The summed E-state index contributed by atoms with van der Waals surface area (Å²) < 4.78 is 10.4. The molecule has 2 heterocycles. The van der Waals surface area contributed by atoms with Gasteiger partial charge >= 0.3 is 5.63 Å². The Bertz CT molecular complexity index is 1010. The van der Waals surface area contributed by atoms with E-state index in [1.807, 2.05) is 19.1 Å². The first-order valence-corrected chi connectivity index (χ1v) is 8.91. The van der Waals surface area contributed by atoms with Crippen LogP contribution >= 0.6 is 11.8 Å². The van der Waals surface area contributed by atoms with E-state index < -0.39 is 5.63 Å². The molecule has 1 N–H and O–H groups in total. The molecule has 0 fully saturated rings. The average Bonchev–Trinajstić information content (AvgIpc) is 2.58. The molecular weight excluding hydrogens is 340 g/mol. The van der Waals surface area contributed by atoms with Crippen molar-refractivity contribution in [1.82, 2.24) is 9.97 Å². The average molecular weight is 358 g/mol. The monoisotopic (exact) mass is 358 g/mol. The molecule has 0 spiro atoms. The van der Waals surface area contributed by atoms with Gasteiger partial charge in [-0.05, 0) is 24.1 Å². The van der Waals surface area contributed by atoms with Crippen LogP contribution < -0.4 is 15.9 Å². The molecule has 2 aromatic heterocycles. The van der Waals surface area contributed by atoms with Crippen molar-refractivity contribution >= 4 is 22.7 Å². The number of ether oxygens (including phenoxy) is 1.